The molecule has 2 aromatic carbocycles. The molecular weight excluding hydrogens is 582 g/mol. The zero-order valence-corrected chi connectivity index (χ0v) is 26.2. The van der Waals surface area contributed by atoms with Crippen LogP contribution in [0.4, 0.5) is 0 Å². The number of aliphatic imine (C=N–C) groups is 1. The number of piperidine rings is 1. The lowest BCUT2D eigenvalue weighted by Gasteiger charge is -2.37. The van der Waals surface area contributed by atoms with E-state index in [1.165, 1.54) is 11.8 Å². The monoisotopic (exact) mass is 619 g/mol. The van der Waals surface area contributed by atoms with Crippen LogP contribution in [0.25, 0.3) is 0 Å². The molecule has 232 valence electrons. The first-order chi connectivity index (χ1) is 21.4. The molecule has 0 unspecified atom stereocenters. The third-order valence-electron chi connectivity index (χ3n) is 7.96. The predicted octanol–water partition coefficient (Wildman–Crippen LogP) is 5.21. The van der Waals surface area contributed by atoms with E-state index in [9.17, 15) is 14.4 Å². The smallest absolute Gasteiger partial charge is 0.338 e. The Morgan fingerprint density at radius 3 is 2.41 bits per heavy atom. The summed E-state index contributed by atoms with van der Waals surface area (Å²) in [4.78, 5) is 48.1. The van der Waals surface area contributed by atoms with Gasteiger partial charge in [0.25, 0.3) is 0 Å². The molecule has 1 atom stereocenters. The number of ether oxygens (including phenoxy) is 4. The average molecular weight is 620 g/mol. The first-order valence-electron chi connectivity index (χ1n) is 14.7. The molecule has 1 fully saturated rings. The van der Waals surface area contributed by atoms with Gasteiger partial charge in [-0.25, -0.2) is 9.79 Å². The van der Waals surface area contributed by atoms with Crippen molar-refractivity contribution in [3.8, 4) is 11.5 Å². The molecule has 44 heavy (non-hydrogen) atoms. The summed E-state index contributed by atoms with van der Waals surface area (Å²) in [6.07, 6.45) is 1.24. The van der Waals surface area contributed by atoms with Gasteiger partial charge in [0.05, 0.1) is 50.5 Å². The second-order valence-electron chi connectivity index (χ2n) is 10.6. The minimum absolute atomic E-state index is 0.0590. The second-order valence-corrected chi connectivity index (χ2v) is 11.5. The van der Waals surface area contributed by atoms with Crippen molar-refractivity contribution in [3.05, 3.63) is 82.0 Å². The summed E-state index contributed by atoms with van der Waals surface area (Å²) < 4.78 is 22.4. The fourth-order valence-corrected chi connectivity index (χ4v) is 6.71. The van der Waals surface area contributed by atoms with Crippen molar-refractivity contribution in [3.63, 3.8) is 0 Å². The topological polar surface area (TPSA) is 107 Å². The Morgan fingerprint density at radius 1 is 0.977 bits per heavy atom. The molecule has 1 amide bonds. The molecule has 0 radical (unpaired) electrons. The SMILES string of the molecule is CCOC(=O)C1CCN(C(=O)CC2=CSC3=NC(C)=C(C(=O)OCc4ccccc4)[C@@H](c4cccc(OC)c4OC)N23)CC1. The van der Waals surface area contributed by atoms with Crippen molar-refractivity contribution in [2.24, 2.45) is 10.9 Å². The molecule has 0 N–H and O–H groups in total. The van der Waals surface area contributed by atoms with E-state index in [1.807, 2.05) is 52.8 Å². The van der Waals surface area contributed by atoms with Gasteiger partial charge in [-0.05, 0) is 43.7 Å². The Balaban J connectivity index is 1.43. The van der Waals surface area contributed by atoms with E-state index >= 15 is 0 Å². The van der Waals surface area contributed by atoms with Crippen molar-refractivity contribution in [2.75, 3.05) is 33.9 Å². The van der Waals surface area contributed by atoms with E-state index in [0.29, 0.717) is 71.7 Å². The molecule has 0 saturated carbocycles. The van der Waals surface area contributed by atoms with Crippen LogP contribution in [0.2, 0.25) is 0 Å². The number of allylic oxidation sites excluding steroid dienone is 1. The number of benzene rings is 2. The lowest BCUT2D eigenvalue weighted by atomic mass is 9.92. The summed E-state index contributed by atoms with van der Waals surface area (Å²) in [6.45, 7) is 4.99. The fraction of sp³-hybridized carbons (Fsp3) is 0.394. The van der Waals surface area contributed by atoms with E-state index < -0.39 is 12.0 Å². The molecule has 0 spiro atoms. The number of esters is 2. The summed E-state index contributed by atoms with van der Waals surface area (Å²) in [5.74, 6) is 0.0349. The Hall–Kier alpha value is -4.25. The fourth-order valence-electron chi connectivity index (χ4n) is 5.74. The van der Waals surface area contributed by atoms with E-state index in [0.717, 1.165) is 5.56 Å². The Labute approximate surface area is 261 Å². The van der Waals surface area contributed by atoms with Gasteiger partial charge in [0.2, 0.25) is 5.91 Å². The van der Waals surface area contributed by atoms with Crippen LogP contribution in [0.1, 0.15) is 50.3 Å². The molecule has 2 aromatic rings. The quantitative estimate of drug-likeness (QED) is 0.331. The number of likely N-dealkylation sites (tertiary alicyclic amines) is 1. The summed E-state index contributed by atoms with van der Waals surface area (Å²) in [6, 6.07) is 14.3. The first-order valence-corrected chi connectivity index (χ1v) is 15.5. The number of para-hydroxylation sites is 1. The largest absolute Gasteiger partial charge is 0.493 e. The number of methoxy groups -OCH3 is 2. The van der Waals surface area contributed by atoms with Crippen molar-refractivity contribution in [1.29, 1.82) is 0 Å². The van der Waals surface area contributed by atoms with Crippen molar-refractivity contribution in [2.45, 2.75) is 45.8 Å². The van der Waals surface area contributed by atoms with Gasteiger partial charge in [-0.15, -0.1) is 0 Å². The first kappa shape index (κ1) is 31.2. The molecule has 3 heterocycles. The lowest BCUT2D eigenvalue weighted by molar-refractivity contribution is -0.151. The van der Waals surface area contributed by atoms with E-state index in [4.69, 9.17) is 23.9 Å². The van der Waals surface area contributed by atoms with Gasteiger partial charge in [-0.3, -0.25) is 9.59 Å². The number of amidine groups is 1. The molecule has 1 saturated heterocycles. The van der Waals surface area contributed by atoms with Gasteiger partial charge in [0, 0.05) is 24.4 Å². The summed E-state index contributed by atoms with van der Waals surface area (Å²) in [5.41, 5.74) is 3.14. The molecule has 3 aliphatic rings. The van der Waals surface area contributed by atoms with Gasteiger partial charge in [-0.1, -0.05) is 54.2 Å². The molecular formula is C33H37N3O7S. The zero-order valence-electron chi connectivity index (χ0n) is 25.4. The zero-order chi connectivity index (χ0) is 31.2. The predicted molar refractivity (Wildman–Crippen MR) is 167 cm³/mol. The van der Waals surface area contributed by atoms with E-state index in [1.54, 1.807) is 39.0 Å². The number of carbonyl (C=O) groups is 3. The van der Waals surface area contributed by atoms with Crippen LogP contribution in [0.15, 0.2) is 75.9 Å². The maximum atomic E-state index is 13.8. The molecule has 3 aliphatic heterocycles. The minimum atomic E-state index is -0.681. The van der Waals surface area contributed by atoms with Crippen molar-refractivity contribution in [1.82, 2.24) is 9.80 Å². The number of carbonyl (C=O) groups excluding carboxylic acids is 3. The number of hydrogen-bond donors (Lipinski definition) is 0. The van der Waals surface area contributed by atoms with Crippen molar-refractivity contribution < 1.29 is 33.3 Å². The normalized spacial score (nSPS) is 18.3. The highest BCUT2D eigenvalue weighted by molar-refractivity contribution is 8.16. The Kier molecular flexibility index (Phi) is 9.94. The van der Waals surface area contributed by atoms with Crippen LogP contribution in [0.3, 0.4) is 0 Å². The highest BCUT2D eigenvalue weighted by atomic mass is 32.2. The molecule has 0 aromatic heterocycles. The molecule has 5 rings (SSSR count). The number of nitrogens with zero attached hydrogens (tertiary/aromatic N) is 3. The summed E-state index contributed by atoms with van der Waals surface area (Å²) in [5, 5.41) is 2.56. The van der Waals surface area contributed by atoms with Gasteiger partial charge < -0.3 is 28.7 Å². The second kappa shape index (κ2) is 14.0. The number of fused-ring (bicyclic) bond motifs is 1. The van der Waals surface area contributed by atoms with Crippen LogP contribution < -0.4 is 9.47 Å². The van der Waals surface area contributed by atoms with E-state index in [2.05, 4.69) is 0 Å². The summed E-state index contributed by atoms with van der Waals surface area (Å²) >= 11 is 1.41. The number of thioether (sulfide) groups is 1. The van der Waals surface area contributed by atoms with E-state index in [-0.39, 0.29) is 30.8 Å². The van der Waals surface area contributed by atoms with Gasteiger partial charge in [-0.2, -0.15) is 0 Å². The maximum absolute atomic E-state index is 13.8. The average Bonchev–Trinajstić information content (AvgIpc) is 3.44. The third kappa shape index (κ3) is 6.47. The molecule has 0 bridgehead atoms. The van der Waals surface area contributed by atoms with Crippen LogP contribution in [0.5, 0.6) is 11.5 Å². The molecule has 11 heteroatoms. The highest BCUT2D eigenvalue weighted by Crippen LogP contribution is 2.49. The number of rotatable bonds is 10. The molecule has 0 aliphatic carbocycles. The van der Waals surface area contributed by atoms with Crippen LogP contribution >= 0.6 is 11.8 Å². The van der Waals surface area contributed by atoms with Gasteiger partial charge >= 0.3 is 11.9 Å². The number of amides is 1. The van der Waals surface area contributed by atoms with Crippen LogP contribution in [-0.2, 0) is 30.5 Å². The maximum Gasteiger partial charge on any atom is 0.338 e. The highest BCUT2D eigenvalue weighted by Gasteiger charge is 2.43. The van der Waals surface area contributed by atoms with Crippen LogP contribution in [0, 0.1) is 5.92 Å². The third-order valence-corrected chi connectivity index (χ3v) is 8.85. The standard InChI is InChI=1S/C33H37N3O7S/c1-5-42-31(38)23-14-16-35(17-15-23)27(37)18-24-20-44-33-34-21(2)28(32(39)43-19-22-10-7-6-8-11-22)29(36(24)33)25-12-9-13-26(40-3)30(25)41-4/h6-13,20,23,29H,5,14-19H2,1-4H3/t29-/m1/s1. The van der Waals surface area contributed by atoms with Crippen LogP contribution in [-0.4, -0.2) is 66.7 Å². The van der Waals surface area contributed by atoms with Gasteiger partial charge in [0.15, 0.2) is 16.7 Å². The Morgan fingerprint density at radius 2 is 1.73 bits per heavy atom. The number of hydrogen-bond acceptors (Lipinski definition) is 10. The minimum Gasteiger partial charge on any atom is -0.493 e. The Bertz CT molecular complexity index is 1500. The summed E-state index contributed by atoms with van der Waals surface area (Å²) in [7, 11) is 3.12. The lowest BCUT2D eigenvalue weighted by Crippen LogP contribution is -2.42. The molecule has 10 nitrogen and oxygen atoms in total. The van der Waals surface area contributed by atoms with Gasteiger partial charge in [0.1, 0.15) is 6.61 Å². The van der Waals surface area contributed by atoms with Crippen molar-refractivity contribution >= 4 is 34.8 Å².